The molecular formula is C21H29N3O. The molecule has 0 atom stereocenters. The minimum absolute atomic E-state index is 0.691. The molecule has 0 bridgehead atoms. The van der Waals surface area contributed by atoms with Gasteiger partial charge in [-0.3, -0.25) is 9.80 Å². The Kier molecular flexibility index (Phi) is 6.86. The SMILES string of the molecule is NCCc1ccc(OCCN2CCN(Cc3ccccc3)CC2)cc1. The summed E-state index contributed by atoms with van der Waals surface area (Å²) in [5.41, 5.74) is 8.24. The summed E-state index contributed by atoms with van der Waals surface area (Å²) < 4.78 is 5.88. The Bertz CT molecular complexity index is 607. The molecule has 134 valence electrons. The maximum Gasteiger partial charge on any atom is 0.119 e. The minimum Gasteiger partial charge on any atom is -0.492 e. The summed E-state index contributed by atoms with van der Waals surface area (Å²) in [6, 6.07) is 19.0. The molecule has 1 heterocycles. The molecule has 3 rings (SSSR count). The van der Waals surface area contributed by atoms with E-state index >= 15 is 0 Å². The zero-order valence-corrected chi connectivity index (χ0v) is 14.9. The number of ether oxygens (including phenoxy) is 1. The van der Waals surface area contributed by atoms with Gasteiger partial charge in [0, 0.05) is 39.3 Å². The third-order valence-corrected chi connectivity index (χ3v) is 4.75. The zero-order chi connectivity index (χ0) is 17.3. The standard InChI is InChI=1S/C21H29N3O/c22-11-10-19-6-8-21(9-7-19)25-17-16-23-12-14-24(15-13-23)18-20-4-2-1-3-5-20/h1-9H,10-18,22H2. The van der Waals surface area contributed by atoms with Crippen molar-refractivity contribution in [2.75, 3.05) is 45.9 Å². The molecule has 4 heteroatoms. The highest BCUT2D eigenvalue weighted by molar-refractivity contribution is 5.27. The lowest BCUT2D eigenvalue weighted by atomic mass is 10.1. The second-order valence-corrected chi connectivity index (χ2v) is 6.63. The smallest absolute Gasteiger partial charge is 0.119 e. The van der Waals surface area contributed by atoms with Crippen LogP contribution in [0.5, 0.6) is 5.75 Å². The highest BCUT2D eigenvalue weighted by Crippen LogP contribution is 2.13. The van der Waals surface area contributed by atoms with Gasteiger partial charge in [-0.2, -0.15) is 0 Å². The van der Waals surface area contributed by atoms with Gasteiger partial charge < -0.3 is 10.5 Å². The van der Waals surface area contributed by atoms with Crippen molar-refractivity contribution < 1.29 is 4.74 Å². The van der Waals surface area contributed by atoms with E-state index in [0.717, 1.165) is 58.0 Å². The second-order valence-electron chi connectivity index (χ2n) is 6.63. The van der Waals surface area contributed by atoms with Gasteiger partial charge in [0.05, 0.1) is 0 Å². The number of benzene rings is 2. The van der Waals surface area contributed by atoms with Gasteiger partial charge in [-0.25, -0.2) is 0 Å². The summed E-state index contributed by atoms with van der Waals surface area (Å²) in [5, 5.41) is 0. The molecule has 0 saturated carbocycles. The van der Waals surface area contributed by atoms with Gasteiger partial charge in [-0.15, -0.1) is 0 Å². The Hall–Kier alpha value is -1.88. The van der Waals surface area contributed by atoms with Crippen molar-refractivity contribution in [3.8, 4) is 5.75 Å². The first-order valence-corrected chi connectivity index (χ1v) is 9.24. The summed E-state index contributed by atoms with van der Waals surface area (Å²) in [6.45, 7) is 7.97. The molecule has 0 aromatic heterocycles. The van der Waals surface area contributed by atoms with Crippen molar-refractivity contribution in [1.82, 2.24) is 9.80 Å². The number of hydrogen-bond acceptors (Lipinski definition) is 4. The topological polar surface area (TPSA) is 41.7 Å². The third kappa shape index (κ3) is 5.85. The lowest BCUT2D eigenvalue weighted by Gasteiger charge is -2.34. The van der Waals surface area contributed by atoms with Crippen molar-refractivity contribution in [3.05, 3.63) is 65.7 Å². The molecule has 2 aromatic rings. The van der Waals surface area contributed by atoms with Crippen LogP contribution in [0, 0.1) is 0 Å². The summed E-state index contributed by atoms with van der Waals surface area (Å²) in [7, 11) is 0. The zero-order valence-electron chi connectivity index (χ0n) is 14.9. The van der Waals surface area contributed by atoms with Gasteiger partial charge in [-0.05, 0) is 36.2 Å². The molecule has 25 heavy (non-hydrogen) atoms. The van der Waals surface area contributed by atoms with Crippen LogP contribution in [-0.2, 0) is 13.0 Å². The van der Waals surface area contributed by atoms with Crippen LogP contribution >= 0.6 is 0 Å². The van der Waals surface area contributed by atoms with E-state index in [-0.39, 0.29) is 0 Å². The average molecular weight is 339 g/mol. The number of rotatable bonds is 8. The Balaban J connectivity index is 1.34. The van der Waals surface area contributed by atoms with Crippen molar-refractivity contribution in [2.45, 2.75) is 13.0 Å². The molecule has 1 saturated heterocycles. The molecule has 0 radical (unpaired) electrons. The van der Waals surface area contributed by atoms with Crippen molar-refractivity contribution >= 4 is 0 Å². The molecule has 0 amide bonds. The summed E-state index contributed by atoms with van der Waals surface area (Å²) in [5.74, 6) is 0.948. The van der Waals surface area contributed by atoms with Crippen LogP contribution in [-0.4, -0.2) is 55.7 Å². The van der Waals surface area contributed by atoms with Crippen LogP contribution in [0.25, 0.3) is 0 Å². The fraction of sp³-hybridized carbons (Fsp3) is 0.429. The summed E-state index contributed by atoms with van der Waals surface area (Å²) >= 11 is 0. The monoisotopic (exact) mass is 339 g/mol. The van der Waals surface area contributed by atoms with Gasteiger partial charge in [0.2, 0.25) is 0 Å². The van der Waals surface area contributed by atoms with E-state index in [1.54, 1.807) is 0 Å². The first-order chi connectivity index (χ1) is 12.3. The molecule has 0 unspecified atom stereocenters. The molecule has 2 aromatic carbocycles. The van der Waals surface area contributed by atoms with E-state index in [1.807, 2.05) is 12.1 Å². The molecule has 0 aliphatic carbocycles. The first kappa shape index (κ1) is 17.9. The molecule has 1 aliphatic heterocycles. The molecule has 4 nitrogen and oxygen atoms in total. The predicted octanol–water partition coefficient (Wildman–Crippen LogP) is 2.38. The fourth-order valence-corrected chi connectivity index (χ4v) is 3.22. The van der Waals surface area contributed by atoms with Gasteiger partial charge in [0.1, 0.15) is 12.4 Å². The van der Waals surface area contributed by atoms with Crippen LogP contribution < -0.4 is 10.5 Å². The Morgan fingerprint density at radius 2 is 1.48 bits per heavy atom. The van der Waals surface area contributed by atoms with Gasteiger partial charge >= 0.3 is 0 Å². The lowest BCUT2D eigenvalue weighted by Crippen LogP contribution is -2.47. The number of piperazine rings is 1. The number of nitrogens with zero attached hydrogens (tertiary/aromatic N) is 2. The van der Waals surface area contributed by atoms with Crippen LogP contribution in [0.2, 0.25) is 0 Å². The molecule has 1 aliphatic rings. The lowest BCUT2D eigenvalue weighted by molar-refractivity contribution is 0.112. The summed E-state index contributed by atoms with van der Waals surface area (Å²) in [4.78, 5) is 5.02. The van der Waals surface area contributed by atoms with E-state index in [9.17, 15) is 0 Å². The van der Waals surface area contributed by atoms with E-state index < -0.39 is 0 Å². The number of nitrogens with two attached hydrogens (primary N) is 1. The van der Waals surface area contributed by atoms with E-state index in [0.29, 0.717) is 6.54 Å². The Morgan fingerprint density at radius 1 is 0.800 bits per heavy atom. The van der Waals surface area contributed by atoms with E-state index in [1.165, 1.54) is 11.1 Å². The van der Waals surface area contributed by atoms with Crippen molar-refractivity contribution in [2.24, 2.45) is 5.73 Å². The van der Waals surface area contributed by atoms with Crippen LogP contribution in [0.1, 0.15) is 11.1 Å². The summed E-state index contributed by atoms with van der Waals surface area (Å²) in [6.07, 6.45) is 0.924. The first-order valence-electron chi connectivity index (χ1n) is 9.24. The van der Waals surface area contributed by atoms with E-state index in [4.69, 9.17) is 10.5 Å². The largest absolute Gasteiger partial charge is 0.492 e. The van der Waals surface area contributed by atoms with Gasteiger partial charge in [-0.1, -0.05) is 42.5 Å². The normalized spacial score (nSPS) is 16.0. The maximum absolute atomic E-state index is 5.88. The molecule has 2 N–H and O–H groups in total. The highest BCUT2D eigenvalue weighted by atomic mass is 16.5. The van der Waals surface area contributed by atoms with Crippen LogP contribution in [0.4, 0.5) is 0 Å². The number of hydrogen-bond donors (Lipinski definition) is 1. The molecular weight excluding hydrogens is 310 g/mol. The van der Waals surface area contributed by atoms with Gasteiger partial charge in [0.25, 0.3) is 0 Å². The molecule has 1 fully saturated rings. The second kappa shape index (κ2) is 9.56. The van der Waals surface area contributed by atoms with Gasteiger partial charge in [0.15, 0.2) is 0 Å². The van der Waals surface area contributed by atoms with Crippen LogP contribution in [0.15, 0.2) is 54.6 Å². The predicted molar refractivity (Wildman–Crippen MR) is 103 cm³/mol. The van der Waals surface area contributed by atoms with E-state index in [2.05, 4.69) is 52.3 Å². The Labute approximate surface area is 151 Å². The van der Waals surface area contributed by atoms with Crippen molar-refractivity contribution in [3.63, 3.8) is 0 Å². The maximum atomic E-state index is 5.88. The average Bonchev–Trinajstić information content (AvgIpc) is 2.66. The van der Waals surface area contributed by atoms with Crippen molar-refractivity contribution in [1.29, 1.82) is 0 Å². The molecule has 0 spiro atoms. The van der Waals surface area contributed by atoms with Crippen LogP contribution in [0.3, 0.4) is 0 Å². The highest BCUT2D eigenvalue weighted by Gasteiger charge is 2.16. The third-order valence-electron chi connectivity index (χ3n) is 4.75. The quantitative estimate of drug-likeness (QED) is 0.802. The minimum atomic E-state index is 0.691. The fourth-order valence-electron chi connectivity index (χ4n) is 3.22. The Morgan fingerprint density at radius 3 is 2.16 bits per heavy atom.